The van der Waals surface area contributed by atoms with E-state index in [9.17, 15) is 22.0 Å². The Kier molecular flexibility index (Phi) is 6.07. The number of quaternary nitrogens is 1. The molecule has 1 heterocycles. The summed E-state index contributed by atoms with van der Waals surface area (Å²) in [6.45, 7) is 2.28. The molecule has 0 amide bonds. The lowest BCUT2D eigenvalue weighted by Gasteiger charge is -2.31. The van der Waals surface area contributed by atoms with Gasteiger partial charge in [0, 0.05) is 11.6 Å². The minimum atomic E-state index is -4.00. The Bertz CT molecular complexity index is 956. The predicted molar refractivity (Wildman–Crippen MR) is 97.3 cm³/mol. The van der Waals surface area contributed by atoms with Crippen LogP contribution >= 0.6 is 0 Å². The number of sulfonamides is 1. The Morgan fingerprint density at radius 1 is 1.11 bits per heavy atom. The van der Waals surface area contributed by atoms with E-state index in [4.69, 9.17) is 0 Å². The van der Waals surface area contributed by atoms with Crippen LogP contribution in [0.5, 0.6) is 0 Å². The first-order chi connectivity index (χ1) is 13.3. The minimum Gasteiger partial charge on any atom is -0.465 e. The molecule has 0 spiro atoms. The summed E-state index contributed by atoms with van der Waals surface area (Å²) in [6, 6.07) is 9.55. The highest BCUT2D eigenvalue weighted by molar-refractivity contribution is 7.89. The molecule has 1 fully saturated rings. The van der Waals surface area contributed by atoms with Crippen LogP contribution in [0.15, 0.2) is 47.4 Å². The van der Waals surface area contributed by atoms with E-state index >= 15 is 0 Å². The number of carbonyl (C=O) groups excluding carboxylic acids is 1. The molecule has 6 nitrogen and oxygen atoms in total. The van der Waals surface area contributed by atoms with Crippen molar-refractivity contribution < 1.29 is 31.6 Å². The van der Waals surface area contributed by atoms with Crippen LogP contribution in [0, 0.1) is 11.6 Å². The van der Waals surface area contributed by atoms with Gasteiger partial charge in [-0.25, -0.2) is 22.0 Å². The topological polar surface area (TPSA) is 68.1 Å². The number of nitrogens with one attached hydrogen (secondary N) is 1. The van der Waals surface area contributed by atoms with Crippen molar-refractivity contribution in [1.29, 1.82) is 0 Å². The molecule has 1 saturated heterocycles. The molecular weight excluding hydrogens is 390 g/mol. The van der Waals surface area contributed by atoms with Gasteiger partial charge in [0.25, 0.3) is 0 Å². The lowest BCUT2D eigenvalue weighted by molar-refractivity contribution is -0.917. The molecule has 0 unspecified atom stereocenters. The second kappa shape index (κ2) is 8.34. The average molecular weight is 411 g/mol. The fourth-order valence-electron chi connectivity index (χ4n) is 3.21. The van der Waals surface area contributed by atoms with Gasteiger partial charge in [0.1, 0.15) is 23.1 Å². The number of rotatable bonds is 5. The highest BCUT2D eigenvalue weighted by atomic mass is 32.2. The number of benzene rings is 2. The van der Waals surface area contributed by atoms with E-state index < -0.39 is 32.5 Å². The Morgan fingerprint density at radius 3 is 2.32 bits per heavy atom. The maximum absolute atomic E-state index is 13.9. The molecule has 28 heavy (non-hydrogen) atoms. The second-order valence-corrected chi connectivity index (χ2v) is 8.50. The number of methoxy groups -OCH3 is 1. The maximum Gasteiger partial charge on any atom is 0.337 e. The van der Waals surface area contributed by atoms with Crippen LogP contribution in [0.1, 0.15) is 15.9 Å². The normalized spacial score (nSPS) is 16.1. The molecule has 0 atom stereocenters. The molecule has 1 N–H and O–H groups in total. The van der Waals surface area contributed by atoms with Crippen LogP contribution in [-0.2, 0) is 21.3 Å². The third kappa shape index (κ3) is 4.37. The number of hydrogen-bond donors (Lipinski definition) is 1. The van der Waals surface area contributed by atoms with E-state index in [-0.39, 0.29) is 13.1 Å². The zero-order valence-corrected chi connectivity index (χ0v) is 16.1. The van der Waals surface area contributed by atoms with Crippen molar-refractivity contribution >= 4 is 16.0 Å². The van der Waals surface area contributed by atoms with Crippen molar-refractivity contribution in [2.45, 2.75) is 11.4 Å². The number of esters is 1. The molecule has 0 aromatic heterocycles. The average Bonchev–Trinajstić information content (AvgIpc) is 2.68. The summed E-state index contributed by atoms with van der Waals surface area (Å²) in [5.74, 6) is -2.30. The first-order valence-corrected chi connectivity index (χ1v) is 10.2. The van der Waals surface area contributed by atoms with Gasteiger partial charge in [-0.05, 0) is 24.3 Å². The lowest BCUT2D eigenvalue weighted by atomic mass is 10.1. The van der Waals surface area contributed by atoms with E-state index in [1.54, 1.807) is 12.1 Å². The molecule has 9 heteroatoms. The molecule has 1 aliphatic heterocycles. The molecule has 2 aromatic rings. The summed E-state index contributed by atoms with van der Waals surface area (Å²) >= 11 is 0. The van der Waals surface area contributed by atoms with Gasteiger partial charge in [-0.1, -0.05) is 12.1 Å². The summed E-state index contributed by atoms with van der Waals surface area (Å²) in [5.41, 5.74) is 1.49. The minimum absolute atomic E-state index is 0.245. The van der Waals surface area contributed by atoms with E-state index in [0.29, 0.717) is 31.3 Å². The molecule has 1 aliphatic rings. The summed E-state index contributed by atoms with van der Waals surface area (Å²) in [5, 5.41) is 0. The second-order valence-electron chi connectivity index (χ2n) is 6.59. The van der Waals surface area contributed by atoms with Crippen molar-refractivity contribution in [2.24, 2.45) is 0 Å². The van der Waals surface area contributed by atoms with E-state index in [1.165, 1.54) is 16.3 Å². The third-order valence-corrected chi connectivity index (χ3v) is 6.70. The first kappa shape index (κ1) is 20.4. The zero-order chi connectivity index (χ0) is 20.3. The van der Waals surface area contributed by atoms with Crippen LogP contribution < -0.4 is 4.90 Å². The summed E-state index contributed by atoms with van der Waals surface area (Å²) in [7, 11) is -2.67. The molecule has 0 radical (unpaired) electrons. The number of ether oxygens (including phenoxy) is 1. The number of halogens is 2. The Hall–Kier alpha value is -2.36. The van der Waals surface area contributed by atoms with Gasteiger partial charge in [0.05, 0.1) is 38.9 Å². The summed E-state index contributed by atoms with van der Waals surface area (Å²) < 4.78 is 58.1. The van der Waals surface area contributed by atoms with Gasteiger partial charge >= 0.3 is 5.97 Å². The van der Waals surface area contributed by atoms with Gasteiger partial charge in [0.15, 0.2) is 0 Å². The smallest absolute Gasteiger partial charge is 0.337 e. The Labute approximate surface area is 162 Å². The summed E-state index contributed by atoms with van der Waals surface area (Å²) in [4.78, 5) is 12.1. The molecule has 0 bridgehead atoms. The fourth-order valence-corrected chi connectivity index (χ4v) is 4.70. The third-order valence-electron chi connectivity index (χ3n) is 4.77. The van der Waals surface area contributed by atoms with Crippen LogP contribution in [0.4, 0.5) is 8.78 Å². The van der Waals surface area contributed by atoms with E-state index in [1.807, 2.05) is 12.1 Å². The highest BCUT2D eigenvalue weighted by Gasteiger charge is 2.32. The molecule has 0 saturated carbocycles. The van der Waals surface area contributed by atoms with Crippen molar-refractivity contribution in [3.8, 4) is 0 Å². The van der Waals surface area contributed by atoms with Gasteiger partial charge in [-0.2, -0.15) is 4.31 Å². The quantitative estimate of drug-likeness (QED) is 0.741. The largest absolute Gasteiger partial charge is 0.465 e. The van der Waals surface area contributed by atoms with E-state index in [2.05, 4.69) is 4.74 Å². The number of carbonyl (C=O) groups is 1. The van der Waals surface area contributed by atoms with Crippen molar-refractivity contribution in [2.75, 3.05) is 33.3 Å². The van der Waals surface area contributed by atoms with Crippen LogP contribution in [0.25, 0.3) is 0 Å². The SMILES string of the molecule is COC(=O)c1ccc(C[NH+]2CCN(S(=O)(=O)c3ccc(F)cc3F)CC2)cc1. The number of piperazine rings is 1. The van der Waals surface area contributed by atoms with Gasteiger partial charge in [-0.3, -0.25) is 0 Å². The Balaban J connectivity index is 1.62. The fraction of sp³-hybridized carbons (Fsp3) is 0.316. The molecule has 150 valence electrons. The van der Waals surface area contributed by atoms with Gasteiger partial charge in [-0.15, -0.1) is 0 Å². The highest BCUT2D eigenvalue weighted by Crippen LogP contribution is 2.20. The molecule has 3 rings (SSSR count). The van der Waals surface area contributed by atoms with Crippen molar-refractivity contribution in [3.63, 3.8) is 0 Å². The molecule has 0 aliphatic carbocycles. The van der Waals surface area contributed by atoms with Crippen LogP contribution in [-0.4, -0.2) is 52.0 Å². The number of hydrogen-bond acceptors (Lipinski definition) is 4. The van der Waals surface area contributed by atoms with Gasteiger partial charge in [0.2, 0.25) is 10.0 Å². The summed E-state index contributed by atoms with van der Waals surface area (Å²) in [6.07, 6.45) is 0. The van der Waals surface area contributed by atoms with Crippen LogP contribution in [0.2, 0.25) is 0 Å². The zero-order valence-electron chi connectivity index (χ0n) is 15.3. The predicted octanol–water partition coefficient (Wildman–Crippen LogP) is 0.841. The van der Waals surface area contributed by atoms with Crippen molar-refractivity contribution in [3.05, 3.63) is 65.2 Å². The Morgan fingerprint density at radius 2 is 1.75 bits per heavy atom. The maximum atomic E-state index is 13.9. The monoisotopic (exact) mass is 411 g/mol. The van der Waals surface area contributed by atoms with E-state index in [0.717, 1.165) is 17.7 Å². The first-order valence-electron chi connectivity index (χ1n) is 8.77. The standard InChI is InChI=1S/C19H20F2N2O4S/c1-27-19(24)15-4-2-14(3-5-15)13-22-8-10-23(11-9-22)28(25,26)18-7-6-16(20)12-17(18)21/h2-7,12H,8-11,13H2,1H3/p+1. The van der Waals surface area contributed by atoms with Crippen molar-refractivity contribution in [1.82, 2.24) is 4.31 Å². The van der Waals surface area contributed by atoms with Gasteiger partial charge < -0.3 is 9.64 Å². The van der Waals surface area contributed by atoms with Crippen LogP contribution in [0.3, 0.4) is 0 Å². The lowest BCUT2D eigenvalue weighted by Crippen LogP contribution is -3.13. The number of nitrogens with zero attached hydrogens (tertiary/aromatic N) is 1. The molecule has 2 aromatic carbocycles. The molecular formula is C19H21F2N2O4S+.